The van der Waals surface area contributed by atoms with Crippen molar-refractivity contribution in [2.75, 3.05) is 5.32 Å². The highest BCUT2D eigenvalue weighted by molar-refractivity contribution is 7.91. The van der Waals surface area contributed by atoms with E-state index in [1.165, 1.54) is 36.5 Å². The molecule has 0 spiro atoms. The number of nitrogens with one attached hydrogen (secondary N) is 2. The number of benzene rings is 2. The summed E-state index contributed by atoms with van der Waals surface area (Å²) in [6, 6.07) is 11.9. The van der Waals surface area contributed by atoms with Gasteiger partial charge in [0.15, 0.2) is 0 Å². The van der Waals surface area contributed by atoms with Gasteiger partial charge in [-0.1, -0.05) is 23.7 Å². The molecule has 2 aromatic carbocycles. The number of halogens is 2. The Morgan fingerprint density at radius 2 is 1.80 bits per heavy atom. The van der Waals surface area contributed by atoms with Crippen LogP contribution in [0.4, 0.5) is 10.2 Å². The molecule has 10 heteroatoms. The number of anilines is 1. The first-order valence-electron chi connectivity index (χ1n) is 8.54. The van der Waals surface area contributed by atoms with Gasteiger partial charge in [0.05, 0.1) is 15.4 Å². The van der Waals surface area contributed by atoms with E-state index < -0.39 is 15.7 Å². The summed E-state index contributed by atoms with van der Waals surface area (Å²) in [4.78, 5) is 26.2. The van der Waals surface area contributed by atoms with Crippen molar-refractivity contribution in [2.24, 2.45) is 0 Å². The van der Waals surface area contributed by atoms with Crippen LogP contribution in [-0.4, -0.2) is 25.7 Å². The number of rotatable bonds is 7. The first-order valence-corrected chi connectivity index (χ1v) is 10.4. The van der Waals surface area contributed by atoms with Gasteiger partial charge in [-0.15, -0.1) is 0 Å². The Morgan fingerprint density at radius 1 is 1.07 bits per heavy atom. The second-order valence-corrected chi connectivity index (χ2v) is 8.52. The third kappa shape index (κ3) is 5.00. The molecule has 30 heavy (non-hydrogen) atoms. The molecule has 0 saturated heterocycles. The molecule has 7 nitrogen and oxygen atoms in total. The lowest BCUT2D eigenvalue weighted by Gasteiger charge is -2.08. The van der Waals surface area contributed by atoms with Gasteiger partial charge in [-0.25, -0.2) is 17.8 Å². The van der Waals surface area contributed by atoms with Crippen molar-refractivity contribution in [1.29, 1.82) is 0 Å². The number of hydrogen-bond donors (Lipinski definition) is 2. The molecule has 3 rings (SSSR count). The maximum absolute atomic E-state index is 13.5. The smallest absolute Gasteiger partial charge is 0.253 e. The number of hydrogen-bond acceptors (Lipinski definition) is 5. The van der Waals surface area contributed by atoms with Gasteiger partial charge in [-0.3, -0.25) is 9.59 Å². The van der Waals surface area contributed by atoms with Crippen molar-refractivity contribution in [3.05, 3.63) is 82.8 Å². The molecule has 0 aliphatic rings. The average molecular weight is 448 g/mol. The molecule has 0 fully saturated rings. The van der Waals surface area contributed by atoms with Crippen LogP contribution in [-0.2, 0) is 21.2 Å². The topological polar surface area (TPSA) is 105 Å². The zero-order valence-corrected chi connectivity index (χ0v) is 16.9. The summed E-state index contributed by atoms with van der Waals surface area (Å²) in [6.45, 7) is 0.152. The fraction of sp³-hybridized carbons (Fsp3) is 0.0500. The zero-order valence-electron chi connectivity index (χ0n) is 15.3. The molecule has 0 bridgehead atoms. The average Bonchev–Trinajstić information content (AvgIpc) is 2.72. The fourth-order valence-electron chi connectivity index (χ4n) is 2.56. The van der Waals surface area contributed by atoms with Crippen LogP contribution < -0.4 is 10.6 Å². The third-order valence-corrected chi connectivity index (χ3v) is 6.03. The van der Waals surface area contributed by atoms with Gasteiger partial charge in [-0.05, 0) is 48.0 Å². The standard InChI is InChI=1S/C20H15ClFN3O4S/c21-15-7-16(22)9-18(8-15)30(28,29)17-4-1-13(2-5-17)10-24-20(27)14-3-6-19(23-11-14)25-12-26/h1-9,11-12H,10H2,(H,24,27)(H,23,25,26). The highest BCUT2D eigenvalue weighted by atomic mass is 35.5. The van der Waals surface area contributed by atoms with E-state index in [9.17, 15) is 22.4 Å². The molecule has 3 aromatic rings. The van der Waals surface area contributed by atoms with Crippen molar-refractivity contribution >= 4 is 39.6 Å². The Kier molecular flexibility index (Phi) is 6.43. The number of amides is 2. The van der Waals surface area contributed by atoms with Gasteiger partial charge in [-0.2, -0.15) is 0 Å². The lowest BCUT2D eigenvalue weighted by molar-refractivity contribution is -0.105. The largest absolute Gasteiger partial charge is 0.348 e. The van der Waals surface area contributed by atoms with E-state index in [4.69, 9.17) is 11.6 Å². The van der Waals surface area contributed by atoms with Crippen molar-refractivity contribution in [2.45, 2.75) is 16.3 Å². The van der Waals surface area contributed by atoms with Gasteiger partial charge >= 0.3 is 0 Å². The molecule has 0 radical (unpaired) electrons. The highest BCUT2D eigenvalue weighted by Crippen LogP contribution is 2.25. The first kappa shape index (κ1) is 21.4. The number of carbonyl (C=O) groups is 2. The Balaban J connectivity index is 1.68. The van der Waals surface area contributed by atoms with Gasteiger partial charge in [0.2, 0.25) is 16.2 Å². The molecule has 154 valence electrons. The van der Waals surface area contributed by atoms with Crippen molar-refractivity contribution in [3.8, 4) is 0 Å². The fourth-order valence-corrected chi connectivity index (χ4v) is 4.17. The van der Waals surface area contributed by atoms with Crippen LogP contribution in [0.5, 0.6) is 0 Å². The minimum atomic E-state index is -3.93. The Hall–Kier alpha value is -3.30. The summed E-state index contributed by atoms with van der Waals surface area (Å²) in [5, 5.41) is 5.04. The van der Waals surface area contributed by atoms with Gasteiger partial charge < -0.3 is 10.6 Å². The minimum absolute atomic E-state index is 0.0163. The number of aromatic nitrogens is 1. The molecule has 1 heterocycles. The van der Waals surface area contributed by atoms with E-state index in [2.05, 4.69) is 15.6 Å². The van der Waals surface area contributed by atoms with Crippen LogP contribution in [0.1, 0.15) is 15.9 Å². The molecule has 0 aliphatic heterocycles. The van der Waals surface area contributed by atoms with Crippen molar-refractivity contribution in [1.82, 2.24) is 10.3 Å². The van der Waals surface area contributed by atoms with Crippen molar-refractivity contribution in [3.63, 3.8) is 0 Å². The summed E-state index contributed by atoms with van der Waals surface area (Å²) in [7, 11) is -3.93. The number of pyridine rings is 1. The minimum Gasteiger partial charge on any atom is -0.348 e. The number of carbonyl (C=O) groups excluding carboxylic acids is 2. The molecule has 0 unspecified atom stereocenters. The molecular weight excluding hydrogens is 433 g/mol. The maximum atomic E-state index is 13.5. The van der Waals surface area contributed by atoms with Crippen LogP contribution in [0.15, 0.2) is 70.6 Å². The van der Waals surface area contributed by atoms with Crippen LogP contribution in [0.2, 0.25) is 5.02 Å². The van der Waals surface area contributed by atoms with Gasteiger partial charge in [0, 0.05) is 17.8 Å². The van der Waals surface area contributed by atoms with Gasteiger partial charge in [0.1, 0.15) is 11.6 Å². The maximum Gasteiger partial charge on any atom is 0.253 e. The van der Waals surface area contributed by atoms with Crippen LogP contribution in [0.3, 0.4) is 0 Å². The quantitative estimate of drug-likeness (QED) is 0.541. The summed E-state index contributed by atoms with van der Waals surface area (Å²) < 4.78 is 38.8. The lowest BCUT2D eigenvalue weighted by atomic mass is 10.2. The second kappa shape index (κ2) is 9.02. The highest BCUT2D eigenvalue weighted by Gasteiger charge is 2.19. The van der Waals surface area contributed by atoms with E-state index in [1.807, 2.05) is 0 Å². The van der Waals surface area contributed by atoms with E-state index in [1.54, 1.807) is 12.1 Å². The Morgan fingerprint density at radius 3 is 2.40 bits per heavy atom. The molecule has 1 aromatic heterocycles. The van der Waals surface area contributed by atoms with E-state index in [0.29, 0.717) is 23.4 Å². The predicted molar refractivity (Wildman–Crippen MR) is 108 cm³/mol. The van der Waals surface area contributed by atoms with Crippen molar-refractivity contribution < 1.29 is 22.4 Å². The molecule has 2 amide bonds. The first-order chi connectivity index (χ1) is 14.3. The van der Waals surface area contributed by atoms with E-state index in [-0.39, 0.29) is 27.3 Å². The van der Waals surface area contributed by atoms with Crippen LogP contribution >= 0.6 is 11.6 Å². The zero-order chi connectivity index (χ0) is 21.7. The monoisotopic (exact) mass is 447 g/mol. The van der Waals surface area contributed by atoms with Crippen LogP contribution in [0, 0.1) is 5.82 Å². The third-order valence-electron chi connectivity index (χ3n) is 4.07. The second-order valence-electron chi connectivity index (χ2n) is 6.13. The molecular formula is C20H15ClFN3O4S. The van der Waals surface area contributed by atoms with Crippen LogP contribution in [0.25, 0.3) is 0 Å². The van der Waals surface area contributed by atoms with E-state index in [0.717, 1.165) is 12.1 Å². The SMILES string of the molecule is O=CNc1ccc(C(=O)NCc2ccc(S(=O)(=O)c3cc(F)cc(Cl)c3)cc2)cn1. The summed E-state index contributed by atoms with van der Waals surface area (Å²) >= 11 is 5.75. The van der Waals surface area contributed by atoms with E-state index >= 15 is 0 Å². The normalized spacial score (nSPS) is 11.0. The van der Waals surface area contributed by atoms with Gasteiger partial charge in [0.25, 0.3) is 5.91 Å². The molecule has 2 N–H and O–H groups in total. The number of nitrogens with zero attached hydrogens (tertiary/aromatic N) is 1. The Bertz CT molecular complexity index is 1160. The summed E-state index contributed by atoms with van der Waals surface area (Å²) in [5.74, 6) is -0.811. The molecule has 0 atom stereocenters. The molecule has 0 saturated carbocycles. The number of sulfone groups is 1. The Labute approximate surface area is 176 Å². The lowest BCUT2D eigenvalue weighted by Crippen LogP contribution is -2.23. The summed E-state index contributed by atoms with van der Waals surface area (Å²) in [6.07, 6.45) is 1.80. The predicted octanol–water partition coefficient (Wildman–Crippen LogP) is 3.21. The summed E-state index contributed by atoms with van der Waals surface area (Å²) in [5.41, 5.74) is 0.959. The molecule has 0 aliphatic carbocycles.